The molecule has 1 aromatic carbocycles. The Labute approximate surface area is 146 Å². The van der Waals surface area contributed by atoms with Gasteiger partial charge in [0.05, 0.1) is 11.0 Å². The molecule has 3 heterocycles. The lowest BCUT2D eigenvalue weighted by Crippen LogP contribution is -2.18. The molecule has 0 atom stereocenters. The van der Waals surface area contributed by atoms with E-state index in [-0.39, 0.29) is 5.69 Å². The Morgan fingerprint density at radius 1 is 1.20 bits per heavy atom. The molecule has 0 radical (unpaired) electrons. The van der Waals surface area contributed by atoms with Crippen LogP contribution in [0.3, 0.4) is 0 Å². The second-order valence-electron chi connectivity index (χ2n) is 5.17. The Morgan fingerprint density at radius 3 is 2.84 bits per heavy atom. The lowest BCUT2D eigenvalue weighted by Gasteiger charge is -2.03. The maximum absolute atomic E-state index is 12.8. The first-order chi connectivity index (χ1) is 12.3. The van der Waals surface area contributed by atoms with Gasteiger partial charge >= 0.3 is 6.03 Å². The number of nitriles is 1. The van der Waals surface area contributed by atoms with Crippen molar-refractivity contribution in [3.63, 3.8) is 0 Å². The van der Waals surface area contributed by atoms with Crippen molar-refractivity contribution in [1.82, 2.24) is 14.1 Å². The minimum Gasteiger partial charge on any atom is -0.292 e. The number of hydrogen-bond donors (Lipinski definition) is 0. The van der Waals surface area contributed by atoms with E-state index in [1.165, 1.54) is 15.9 Å². The molecule has 0 saturated carbocycles. The minimum absolute atomic E-state index is 0.213. The van der Waals surface area contributed by atoms with Crippen LogP contribution in [0, 0.1) is 11.3 Å². The van der Waals surface area contributed by atoms with Gasteiger partial charge < -0.3 is 0 Å². The van der Waals surface area contributed by atoms with E-state index in [9.17, 15) is 10.1 Å². The highest BCUT2D eigenvalue weighted by Gasteiger charge is 2.15. The molecule has 0 spiro atoms. The predicted octanol–water partition coefficient (Wildman–Crippen LogP) is 3.33. The van der Waals surface area contributed by atoms with Gasteiger partial charge in [-0.1, -0.05) is 18.2 Å². The average molecular weight is 345 g/mol. The van der Waals surface area contributed by atoms with Gasteiger partial charge in [-0.2, -0.15) is 10.3 Å². The number of carbonyl (C=O) groups excluding carboxylic acids is 1. The van der Waals surface area contributed by atoms with Crippen LogP contribution in [0.2, 0.25) is 0 Å². The maximum atomic E-state index is 12.8. The maximum Gasteiger partial charge on any atom is 0.355 e. The zero-order valence-electron chi connectivity index (χ0n) is 12.9. The SMILES string of the molecule is N#Cc1cc2ncccc2n1C(=O)/N=c1\sccn1-c1ccccc1. The largest absolute Gasteiger partial charge is 0.355 e. The molecule has 0 saturated heterocycles. The molecule has 0 aliphatic carbocycles. The quantitative estimate of drug-likeness (QED) is 0.531. The van der Waals surface area contributed by atoms with Gasteiger partial charge in [0.25, 0.3) is 0 Å². The summed E-state index contributed by atoms with van der Waals surface area (Å²) in [6.07, 6.45) is 3.48. The first kappa shape index (κ1) is 15.1. The van der Waals surface area contributed by atoms with Crippen LogP contribution >= 0.6 is 11.3 Å². The van der Waals surface area contributed by atoms with E-state index in [1.54, 1.807) is 24.4 Å². The van der Waals surface area contributed by atoms with Gasteiger partial charge in [0.2, 0.25) is 0 Å². The van der Waals surface area contributed by atoms with Crippen LogP contribution in [-0.2, 0) is 0 Å². The standard InChI is InChI=1S/C18H11N5OS/c19-12-14-11-15-16(7-4-8-20-15)23(14)17(24)21-18-22(9-10-25-18)13-5-2-1-3-6-13/h1-11H/b21-18-. The van der Waals surface area contributed by atoms with E-state index >= 15 is 0 Å². The second-order valence-corrected chi connectivity index (χ2v) is 6.04. The molecular formula is C18H11N5OS. The fourth-order valence-corrected chi connectivity index (χ4v) is 3.31. The van der Waals surface area contributed by atoms with E-state index in [1.807, 2.05) is 52.5 Å². The highest BCUT2D eigenvalue weighted by molar-refractivity contribution is 7.07. The smallest absolute Gasteiger partial charge is 0.292 e. The summed E-state index contributed by atoms with van der Waals surface area (Å²) in [5, 5.41) is 11.2. The van der Waals surface area contributed by atoms with Gasteiger partial charge in [-0.3, -0.25) is 9.55 Å². The van der Waals surface area contributed by atoms with Crippen LogP contribution in [0.5, 0.6) is 0 Å². The van der Waals surface area contributed by atoms with Crippen molar-refractivity contribution in [2.24, 2.45) is 4.99 Å². The van der Waals surface area contributed by atoms with Crippen LogP contribution in [0.25, 0.3) is 16.7 Å². The highest BCUT2D eigenvalue weighted by Crippen LogP contribution is 2.17. The molecule has 4 rings (SSSR count). The number of rotatable bonds is 1. The topological polar surface area (TPSA) is 76.0 Å². The molecule has 1 amide bonds. The van der Waals surface area contributed by atoms with E-state index in [4.69, 9.17) is 0 Å². The molecule has 0 aliphatic rings. The molecular weight excluding hydrogens is 334 g/mol. The number of nitrogens with zero attached hydrogens (tertiary/aromatic N) is 5. The van der Waals surface area contributed by atoms with Gasteiger partial charge in [-0.15, -0.1) is 11.3 Å². The fraction of sp³-hybridized carbons (Fsp3) is 0. The van der Waals surface area contributed by atoms with Crippen molar-refractivity contribution >= 4 is 28.4 Å². The normalized spacial score (nSPS) is 11.6. The van der Waals surface area contributed by atoms with Gasteiger partial charge in [-0.05, 0) is 24.3 Å². The minimum atomic E-state index is -0.522. The Morgan fingerprint density at radius 2 is 2.04 bits per heavy atom. The molecule has 3 aromatic heterocycles. The third-order valence-corrected chi connectivity index (χ3v) is 4.45. The number of hydrogen-bond acceptors (Lipinski definition) is 4. The molecule has 0 N–H and O–H groups in total. The monoisotopic (exact) mass is 345 g/mol. The molecule has 0 unspecified atom stereocenters. The molecule has 6 nitrogen and oxygen atoms in total. The summed E-state index contributed by atoms with van der Waals surface area (Å²) in [7, 11) is 0. The highest BCUT2D eigenvalue weighted by atomic mass is 32.1. The molecule has 25 heavy (non-hydrogen) atoms. The number of aromatic nitrogens is 3. The zero-order chi connectivity index (χ0) is 17.2. The summed E-state index contributed by atoms with van der Waals surface area (Å²) >= 11 is 1.35. The fourth-order valence-electron chi connectivity index (χ4n) is 2.59. The van der Waals surface area contributed by atoms with Crippen LogP contribution < -0.4 is 4.80 Å². The number of benzene rings is 1. The number of pyridine rings is 1. The van der Waals surface area contributed by atoms with Gasteiger partial charge in [-0.25, -0.2) is 9.36 Å². The second kappa shape index (κ2) is 6.19. The summed E-state index contributed by atoms with van der Waals surface area (Å²) in [6, 6.07) is 16.2. The molecule has 4 aromatic rings. The Balaban J connectivity index is 1.86. The Kier molecular flexibility index (Phi) is 3.72. The zero-order valence-corrected chi connectivity index (χ0v) is 13.7. The number of amides is 1. The number of para-hydroxylation sites is 1. The molecule has 0 fully saturated rings. The van der Waals surface area contributed by atoms with Crippen LogP contribution in [0.15, 0.2) is 71.3 Å². The third-order valence-electron chi connectivity index (χ3n) is 3.69. The summed E-state index contributed by atoms with van der Waals surface area (Å²) in [5.41, 5.74) is 2.28. The summed E-state index contributed by atoms with van der Waals surface area (Å²) < 4.78 is 3.12. The lowest BCUT2D eigenvalue weighted by atomic mass is 10.3. The van der Waals surface area contributed by atoms with Crippen LogP contribution in [0.1, 0.15) is 5.69 Å². The molecule has 120 valence electrons. The van der Waals surface area contributed by atoms with Gasteiger partial charge in [0.15, 0.2) is 4.80 Å². The summed E-state index contributed by atoms with van der Waals surface area (Å²) in [4.78, 5) is 21.7. The number of thiazole rings is 1. The van der Waals surface area contributed by atoms with Crippen molar-refractivity contribution in [3.8, 4) is 11.8 Å². The lowest BCUT2D eigenvalue weighted by molar-refractivity contribution is 0.250. The first-order valence-corrected chi connectivity index (χ1v) is 8.33. The summed E-state index contributed by atoms with van der Waals surface area (Å²) in [6.45, 7) is 0. The average Bonchev–Trinajstić information content (AvgIpc) is 3.26. The van der Waals surface area contributed by atoms with Crippen molar-refractivity contribution in [3.05, 3.63) is 76.8 Å². The Hall–Kier alpha value is -3.50. The summed E-state index contributed by atoms with van der Waals surface area (Å²) in [5.74, 6) is 0. The van der Waals surface area contributed by atoms with E-state index in [2.05, 4.69) is 9.98 Å². The van der Waals surface area contributed by atoms with Crippen LogP contribution in [0.4, 0.5) is 4.79 Å². The van der Waals surface area contributed by atoms with E-state index in [0.29, 0.717) is 15.8 Å². The van der Waals surface area contributed by atoms with Crippen molar-refractivity contribution in [2.45, 2.75) is 0 Å². The molecule has 0 aliphatic heterocycles. The third kappa shape index (κ3) is 2.65. The van der Waals surface area contributed by atoms with Crippen molar-refractivity contribution in [1.29, 1.82) is 5.26 Å². The van der Waals surface area contributed by atoms with Gasteiger partial charge in [0, 0.05) is 29.5 Å². The van der Waals surface area contributed by atoms with E-state index < -0.39 is 6.03 Å². The molecule has 0 bridgehead atoms. The number of fused-ring (bicyclic) bond motifs is 1. The van der Waals surface area contributed by atoms with Gasteiger partial charge in [0.1, 0.15) is 11.8 Å². The predicted molar refractivity (Wildman–Crippen MR) is 94.5 cm³/mol. The van der Waals surface area contributed by atoms with Crippen LogP contribution in [-0.4, -0.2) is 20.1 Å². The Bertz CT molecular complexity index is 1180. The first-order valence-electron chi connectivity index (χ1n) is 7.45. The van der Waals surface area contributed by atoms with Crippen molar-refractivity contribution in [2.75, 3.05) is 0 Å². The number of carbonyl (C=O) groups is 1. The van der Waals surface area contributed by atoms with Crippen molar-refractivity contribution < 1.29 is 4.79 Å². The molecule has 7 heteroatoms. The van der Waals surface area contributed by atoms with E-state index in [0.717, 1.165) is 5.69 Å².